The molecule has 2 atom stereocenters. The van der Waals surface area contributed by atoms with Crippen LogP contribution in [-0.2, 0) is 24.4 Å². The highest BCUT2D eigenvalue weighted by molar-refractivity contribution is 5.99. The van der Waals surface area contributed by atoms with Gasteiger partial charge >= 0.3 is 18.3 Å². The fraction of sp³-hybridized carbons (Fsp3) is 0.290. The summed E-state index contributed by atoms with van der Waals surface area (Å²) < 4.78 is 113. The molecule has 0 bridgehead atoms. The van der Waals surface area contributed by atoms with Crippen LogP contribution in [-0.4, -0.2) is 51.3 Å². The second-order valence-corrected chi connectivity index (χ2v) is 11.0. The highest BCUT2D eigenvalue weighted by Crippen LogP contribution is 2.40. The van der Waals surface area contributed by atoms with Crippen LogP contribution < -0.4 is 15.8 Å². The molecule has 2 aromatic heterocycles. The molecular formula is C31H24F8N4O4. The summed E-state index contributed by atoms with van der Waals surface area (Å²) in [5.41, 5.74) is -4.58. The molecule has 248 valence electrons. The third kappa shape index (κ3) is 6.23. The number of hydrogen-bond acceptors (Lipinski definition) is 5. The number of carboxylic acids is 1. The fourth-order valence-corrected chi connectivity index (χ4v) is 5.55. The van der Waals surface area contributed by atoms with Crippen molar-refractivity contribution in [1.82, 2.24) is 14.9 Å². The Labute approximate surface area is 260 Å². The minimum absolute atomic E-state index is 0.0496. The van der Waals surface area contributed by atoms with Gasteiger partial charge in [-0.1, -0.05) is 18.2 Å². The summed E-state index contributed by atoms with van der Waals surface area (Å²) in [6, 6.07) is 3.36. The van der Waals surface area contributed by atoms with Crippen LogP contribution >= 0.6 is 0 Å². The third-order valence-electron chi connectivity index (χ3n) is 8.12. The van der Waals surface area contributed by atoms with Crippen LogP contribution in [0.5, 0.6) is 0 Å². The first-order valence-electron chi connectivity index (χ1n) is 13.9. The van der Waals surface area contributed by atoms with Crippen molar-refractivity contribution in [3.63, 3.8) is 0 Å². The number of benzene rings is 2. The minimum Gasteiger partial charge on any atom is -0.480 e. The van der Waals surface area contributed by atoms with E-state index in [1.54, 1.807) is 0 Å². The third-order valence-corrected chi connectivity index (χ3v) is 8.12. The Morgan fingerprint density at radius 2 is 1.72 bits per heavy atom. The molecule has 16 heteroatoms. The average molecular weight is 669 g/mol. The Morgan fingerprint density at radius 1 is 1.06 bits per heavy atom. The number of aromatic nitrogens is 2. The van der Waals surface area contributed by atoms with E-state index in [0.29, 0.717) is 12.1 Å². The van der Waals surface area contributed by atoms with Gasteiger partial charge in [-0.25, -0.2) is 13.6 Å². The number of pyridine rings is 2. The molecular weight excluding hydrogens is 644 g/mol. The van der Waals surface area contributed by atoms with Gasteiger partial charge in [0.15, 0.2) is 0 Å². The number of anilines is 1. The van der Waals surface area contributed by atoms with E-state index < -0.39 is 82.3 Å². The molecule has 1 saturated heterocycles. The van der Waals surface area contributed by atoms with E-state index in [0.717, 1.165) is 21.6 Å². The van der Waals surface area contributed by atoms with E-state index >= 15 is 0 Å². The van der Waals surface area contributed by atoms with Crippen LogP contribution in [0.4, 0.5) is 40.8 Å². The smallest absolute Gasteiger partial charge is 0.417 e. The number of nitrogens with zero attached hydrogens (tertiary/aromatic N) is 3. The van der Waals surface area contributed by atoms with E-state index in [2.05, 4.69) is 4.98 Å². The Hall–Kier alpha value is -5.02. The van der Waals surface area contributed by atoms with Gasteiger partial charge < -0.3 is 19.9 Å². The summed E-state index contributed by atoms with van der Waals surface area (Å²) in [4.78, 5) is 43.0. The molecule has 0 spiro atoms. The predicted octanol–water partition coefficient (Wildman–Crippen LogP) is 5.77. The van der Waals surface area contributed by atoms with E-state index in [1.807, 2.05) is 5.32 Å². The van der Waals surface area contributed by atoms with Gasteiger partial charge in [-0.05, 0) is 43.2 Å². The van der Waals surface area contributed by atoms with Crippen LogP contribution in [0.25, 0.3) is 22.0 Å². The number of nitrogens with one attached hydrogen (secondary N) is 1. The zero-order valence-electron chi connectivity index (χ0n) is 24.4. The quantitative estimate of drug-likeness (QED) is 0.243. The van der Waals surface area contributed by atoms with Gasteiger partial charge in [0.25, 0.3) is 11.5 Å². The molecule has 3 heterocycles. The largest absolute Gasteiger partial charge is 0.480 e. The molecule has 47 heavy (non-hydrogen) atoms. The summed E-state index contributed by atoms with van der Waals surface area (Å²) in [7, 11) is 1.30. The van der Waals surface area contributed by atoms with Crippen LogP contribution in [0.3, 0.4) is 0 Å². The van der Waals surface area contributed by atoms with Crippen LogP contribution in [0.1, 0.15) is 33.6 Å². The van der Waals surface area contributed by atoms with Gasteiger partial charge in [0, 0.05) is 48.5 Å². The van der Waals surface area contributed by atoms with Crippen molar-refractivity contribution in [2.24, 2.45) is 7.05 Å². The van der Waals surface area contributed by atoms with Gasteiger partial charge in [0.1, 0.15) is 29.3 Å². The molecule has 0 saturated carbocycles. The highest BCUT2D eigenvalue weighted by Gasteiger charge is 2.49. The molecule has 0 unspecified atom stereocenters. The fourth-order valence-electron chi connectivity index (χ4n) is 5.55. The predicted molar refractivity (Wildman–Crippen MR) is 153 cm³/mol. The van der Waals surface area contributed by atoms with E-state index in [1.165, 1.54) is 38.4 Å². The number of rotatable bonds is 7. The van der Waals surface area contributed by atoms with Crippen LogP contribution in [0.2, 0.25) is 0 Å². The normalized spacial score (nSPS) is 15.8. The number of carbonyl (C=O) groups excluding carboxylic acids is 1. The summed E-state index contributed by atoms with van der Waals surface area (Å²) >= 11 is 0. The van der Waals surface area contributed by atoms with Gasteiger partial charge in [0.05, 0.1) is 16.6 Å². The Balaban J connectivity index is 1.48. The summed E-state index contributed by atoms with van der Waals surface area (Å²) in [6.07, 6.45) is -9.13. The molecule has 2 N–H and O–H groups in total. The van der Waals surface area contributed by atoms with Crippen molar-refractivity contribution in [3.05, 3.63) is 93.0 Å². The lowest BCUT2D eigenvalue weighted by Gasteiger charge is -2.43. The van der Waals surface area contributed by atoms with E-state index in [4.69, 9.17) is 0 Å². The highest BCUT2D eigenvalue weighted by atomic mass is 19.4. The first-order valence-corrected chi connectivity index (χ1v) is 13.9. The van der Waals surface area contributed by atoms with Crippen molar-refractivity contribution in [2.45, 2.75) is 44.2 Å². The lowest BCUT2D eigenvalue weighted by Crippen LogP contribution is -2.56. The summed E-state index contributed by atoms with van der Waals surface area (Å²) in [5, 5.41) is 12.0. The molecule has 1 aliphatic heterocycles. The van der Waals surface area contributed by atoms with Crippen molar-refractivity contribution >= 4 is 28.5 Å². The standard InChI is InChI=1S/C31H24F8N4O4/c1-14-10-19(30(34,35)36)24(28(45)42(14)2)18-6-5-15(17-4-3-8-40-26(17)18)11-22(29(46)47)41-27(44)25-20(32)12-16(13-21(25)33)43-9-7-23(43)31(37,38)39/h3-6,8,10,12-13,22-23H,7,9,11H2,1-2H3,(H,41,44)(H,46,47)/t22-,23+/m0/s1. The molecule has 1 aliphatic rings. The molecule has 5 rings (SSSR count). The van der Waals surface area contributed by atoms with Crippen molar-refractivity contribution in [3.8, 4) is 11.1 Å². The lowest BCUT2D eigenvalue weighted by atomic mass is 9.93. The number of halogens is 8. The lowest BCUT2D eigenvalue weighted by molar-refractivity contribution is -0.159. The number of carboxylic acid groups (broad SMARTS) is 1. The number of aryl methyl sites for hydroxylation is 1. The second kappa shape index (κ2) is 12.0. The van der Waals surface area contributed by atoms with Gasteiger partial charge in [0.2, 0.25) is 0 Å². The molecule has 0 aliphatic carbocycles. The van der Waals surface area contributed by atoms with Gasteiger partial charge in [-0.3, -0.25) is 14.6 Å². The maximum Gasteiger partial charge on any atom is 0.417 e. The number of fused-ring (bicyclic) bond motifs is 1. The zero-order chi connectivity index (χ0) is 34.6. The molecule has 0 radical (unpaired) electrons. The SMILES string of the molecule is Cc1cc(C(F)(F)F)c(-c2ccc(C[C@H](NC(=O)c3c(F)cc(N4CC[C@@H]4C(F)(F)F)cc3F)C(=O)O)c3cccnc23)c(=O)n1C. The molecule has 1 amide bonds. The average Bonchev–Trinajstić information content (AvgIpc) is 2.93. The van der Waals surface area contributed by atoms with E-state index in [-0.39, 0.29) is 40.7 Å². The Bertz CT molecular complexity index is 1950. The number of alkyl halides is 6. The monoisotopic (exact) mass is 668 g/mol. The first kappa shape index (κ1) is 33.3. The number of carbonyl (C=O) groups is 2. The van der Waals surface area contributed by atoms with Gasteiger partial charge in [-0.15, -0.1) is 0 Å². The molecule has 8 nitrogen and oxygen atoms in total. The maximum atomic E-state index is 14.9. The topological polar surface area (TPSA) is 105 Å². The van der Waals surface area contributed by atoms with Crippen LogP contribution in [0, 0.1) is 18.6 Å². The van der Waals surface area contributed by atoms with E-state index in [9.17, 15) is 54.6 Å². The molecule has 1 fully saturated rings. The Morgan fingerprint density at radius 3 is 2.28 bits per heavy atom. The number of aliphatic carboxylic acids is 1. The van der Waals surface area contributed by atoms with Crippen LogP contribution in [0.15, 0.2) is 53.5 Å². The van der Waals surface area contributed by atoms with Crippen molar-refractivity contribution < 1.29 is 49.8 Å². The van der Waals surface area contributed by atoms with Gasteiger partial charge in [-0.2, -0.15) is 26.3 Å². The Kier molecular flexibility index (Phi) is 8.49. The first-order chi connectivity index (χ1) is 21.9. The minimum atomic E-state index is -4.91. The molecule has 4 aromatic rings. The summed E-state index contributed by atoms with van der Waals surface area (Å²) in [6.45, 7) is 1.20. The zero-order valence-corrected chi connectivity index (χ0v) is 24.4. The number of amides is 1. The molecule has 2 aromatic carbocycles. The van der Waals surface area contributed by atoms with Crippen molar-refractivity contribution in [1.29, 1.82) is 0 Å². The summed E-state index contributed by atoms with van der Waals surface area (Å²) in [5.74, 6) is -6.19. The maximum absolute atomic E-state index is 14.9. The second-order valence-electron chi connectivity index (χ2n) is 11.0. The van der Waals surface area contributed by atoms with Crippen molar-refractivity contribution in [2.75, 3.05) is 11.4 Å². The number of hydrogen-bond donors (Lipinski definition) is 2.